The first-order valence-electron chi connectivity index (χ1n) is 5.46. The molecule has 0 amide bonds. The summed E-state index contributed by atoms with van der Waals surface area (Å²) >= 11 is 1.62. The van der Waals surface area contributed by atoms with E-state index in [-0.39, 0.29) is 0 Å². The molecule has 1 aromatic carbocycles. The van der Waals surface area contributed by atoms with Gasteiger partial charge in [0.25, 0.3) is 0 Å². The van der Waals surface area contributed by atoms with E-state index in [9.17, 15) is 0 Å². The zero-order chi connectivity index (χ0) is 12.4. The maximum Gasteiger partial charge on any atom is 0.224 e. The van der Waals surface area contributed by atoms with Gasteiger partial charge in [-0.15, -0.1) is 11.3 Å². The molecule has 0 aliphatic rings. The lowest BCUT2D eigenvalue weighted by molar-refractivity contribution is 1.15. The fourth-order valence-electron chi connectivity index (χ4n) is 1.63. The minimum atomic E-state index is 0.596. The third-order valence-corrected chi connectivity index (χ3v) is 3.27. The average molecular weight is 257 g/mol. The molecule has 0 saturated carbocycles. The van der Waals surface area contributed by atoms with Crippen LogP contribution in [0, 0.1) is 0 Å². The first-order valence-corrected chi connectivity index (χ1v) is 6.34. The zero-order valence-corrected chi connectivity index (χ0v) is 10.5. The zero-order valence-electron chi connectivity index (χ0n) is 9.71. The summed E-state index contributed by atoms with van der Waals surface area (Å²) in [6, 6.07) is 7.88. The SMILES string of the molecule is CNc1nccc(Nc2ccc3ncsc3c2)n1. The highest BCUT2D eigenvalue weighted by Gasteiger charge is 2.01. The number of hydrogen-bond donors (Lipinski definition) is 2. The van der Waals surface area contributed by atoms with Crippen molar-refractivity contribution >= 4 is 39.0 Å². The Hall–Kier alpha value is -2.21. The molecule has 0 unspecified atom stereocenters. The number of thiazole rings is 1. The van der Waals surface area contributed by atoms with Gasteiger partial charge in [0.05, 0.1) is 15.7 Å². The fourth-order valence-corrected chi connectivity index (χ4v) is 2.35. The highest BCUT2D eigenvalue weighted by atomic mass is 32.1. The molecule has 2 N–H and O–H groups in total. The van der Waals surface area contributed by atoms with Crippen LogP contribution in [0.2, 0.25) is 0 Å². The van der Waals surface area contributed by atoms with Gasteiger partial charge in [0.15, 0.2) is 0 Å². The van der Waals surface area contributed by atoms with E-state index in [1.807, 2.05) is 23.7 Å². The molecule has 0 aliphatic heterocycles. The van der Waals surface area contributed by atoms with Crippen LogP contribution in [0.25, 0.3) is 10.2 Å². The number of anilines is 3. The van der Waals surface area contributed by atoms with Crippen LogP contribution in [0.3, 0.4) is 0 Å². The molecule has 0 radical (unpaired) electrons. The number of nitrogens with zero attached hydrogens (tertiary/aromatic N) is 3. The Morgan fingerprint density at radius 1 is 1.17 bits per heavy atom. The van der Waals surface area contributed by atoms with Gasteiger partial charge in [-0.2, -0.15) is 4.98 Å². The van der Waals surface area contributed by atoms with Crippen molar-refractivity contribution in [2.75, 3.05) is 17.7 Å². The van der Waals surface area contributed by atoms with Crippen LogP contribution in [-0.2, 0) is 0 Å². The Kier molecular flexibility index (Phi) is 2.77. The Morgan fingerprint density at radius 2 is 2.11 bits per heavy atom. The van der Waals surface area contributed by atoms with E-state index in [0.717, 1.165) is 21.7 Å². The second kappa shape index (κ2) is 4.58. The Balaban J connectivity index is 1.90. The first-order chi connectivity index (χ1) is 8.85. The number of nitrogens with one attached hydrogen (secondary N) is 2. The van der Waals surface area contributed by atoms with Crippen LogP contribution in [0.5, 0.6) is 0 Å². The molecule has 90 valence electrons. The van der Waals surface area contributed by atoms with Crippen molar-refractivity contribution in [1.82, 2.24) is 15.0 Å². The molecule has 3 rings (SSSR count). The van der Waals surface area contributed by atoms with Crippen LogP contribution in [-0.4, -0.2) is 22.0 Å². The van der Waals surface area contributed by atoms with Gasteiger partial charge < -0.3 is 10.6 Å². The lowest BCUT2D eigenvalue weighted by Gasteiger charge is -2.06. The predicted octanol–water partition coefficient (Wildman–Crippen LogP) is 2.87. The summed E-state index contributed by atoms with van der Waals surface area (Å²) in [5.41, 5.74) is 3.86. The van der Waals surface area contributed by atoms with Crippen molar-refractivity contribution in [3.05, 3.63) is 36.0 Å². The Morgan fingerprint density at radius 3 is 3.00 bits per heavy atom. The molecule has 3 aromatic rings. The van der Waals surface area contributed by atoms with E-state index in [1.165, 1.54) is 0 Å². The molecule has 0 atom stereocenters. The minimum Gasteiger partial charge on any atom is -0.357 e. The summed E-state index contributed by atoms with van der Waals surface area (Å²) in [6.45, 7) is 0. The van der Waals surface area contributed by atoms with E-state index in [0.29, 0.717) is 5.95 Å². The van der Waals surface area contributed by atoms with Gasteiger partial charge in [0.2, 0.25) is 5.95 Å². The number of hydrogen-bond acceptors (Lipinski definition) is 6. The van der Waals surface area contributed by atoms with Crippen LogP contribution < -0.4 is 10.6 Å². The predicted molar refractivity (Wildman–Crippen MR) is 74.5 cm³/mol. The average Bonchev–Trinajstić information content (AvgIpc) is 2.86. The number of rotatable bonds is 3. The topological polar surface area (TPSA) is 62.7 Å². The van der Waals surface area contributed by atoms with Crippen molar-refractivity contribution in [3.8, 4) is 0 Å². The molecule has 0 aliphatic carbocycles. The van der Waals surface area contributed by atoms with Crippen molar-refractivity contribution in [2.45, 2.75) is 0 Å². The standard InChI is InChI=1S/C12H11N5S/c1-13-12-14-5-4-11(17-12)16-8-2-3-9-10(6-8)18-7-15-9/h2-7H,1H3,(H2,13,14,16,17). The summed E-state index contributed by atoms with van der Waals surface area (Å²) in [5.74, 6) is 1.36. The highest BCUT2D eigenvalue weighted by molar-refractivity contribution is 7.16. The maximum atomic E-state index is 4.31. The smallest absolute Gasteiger partial charge is 0.224 e. The van der Waals surface area contributed by atoms with Gasteiger partial charge in [-0.05, 0) is 24.3 Å². The van der Waals surface area contributed by atoms with E-state index in [1.54, 1.807) is 24.6 Å². The Labute approximate surface area is 108 Å². The first kappa shape index (κ1) is 10.9. The molecule has 2 aromatic heterocycles. The van der Waals surface area contributed by atoms with Gasteiger partial charge in [-0.25, -0.2) is 9.97 Å². The summed E-state index contributed by atoms with van der Waals surface area (Å²) < 4.78 is 1.16. The second-order valence-electron chi connectivity index (χ2n) is 3.68. The van der Waals surface area contributed by atoms with Crippen LogP contribution in [0.1, 0.15) is 0 Å². The summed E-state index contributed by atoms with van der Waals surface area (Å²) in [6.07, 6.45) is 1.71. The molecule has 0 bridgehead atoms. The largest absolute Gasteiger partial charge is 0.357 e. The van der Waals surface area contributed by atoms with Crippen molar-refractivity contribution in [3.63, 3.8) is 0 Å². The van der Waals surface area contributed by atoms with Crippen LogP contribution in [0.4, 0.5) is 17.5 Å². The molecule has 0 fully saturated rings. The normalized spacial score (nSPS) is 10.5. The van der Waals surface area contributed by atoms with Gasteiger partial charge in [-0.3, -0.25) is 0 Å². The monoisotopic (exact) mass is 257 g/mol. The summed E-state index contributed by atoms with van der Waals surface area (Å²) in [5, 5.41) is 6.16. The van der Waals surface area contributed by atoms with Gasteiger partial charge in [0, 0.05) is 18.9 Å². The van der Waals surface area contributed by atoms with E-state index < -0.39 is 0 Å². The van der Waals surface area contributed by atoms with E-state index in [4.69, 9.17) is 0 Å². The molecule has 5 nitrogen and oxygen atoms in total. The number of aromatic nitrogens is 3. The summed E-state index contributed by atoms with van der Waals surface area (Å²) in [4.78, 5) is 12.6. The minimum absolute atomic E-state index is 0.596. The van der Waals surface area contributed by atoms with E-state index >= 15 is 0 Å². The lowest BCUT2D eigenvalue weighted by atomic mass is 10.3. The quantitative estimate of drug-likeness (QED) is 0.755. The third kappa shape index (κ3) is 2.10. The van der Waals surface area contributed by atoms with Gasteiger partial charge in [0.1, 0.15) is 5.82 Å². The second-order valence-corrected chi connectivity index (χ2v) is 4.56. The Bertz CT molecular complexity index is 679. The van der Waals surface area contributed by atoms with Crippen molar-refractivity contribution < 1.29 is 0 Å². The lowest BCUT2D eigenvalue weighted by Crippen LogP contribution is -1.99. The van der Waals surface area contributed by atoms with Crippen LogP contribution in [0.15, 0.2) is 36.0 Å². The molecule has 6 heteroatoms. The molecular weight excluding hydrogens is 246 g/mol. The van der Waals surface area contributed by atoms with Gasteiger partial charge >= 0.3 is 0 Å². The van der Waals surface area contributed by atoms with Gasteiger partial charge in [-0.1, -0.05) is 0 Å². The van der Waals surface area contributed by atoms with Crippen molar-refractivity contribution in [2.24, 2.45) is 0 Å². The maximum absolute atomic E-state index is 4.31. The molecule has 18 heavy (non-hydrogen) atoms. The number of fused-ring (bicyclic) bond motifs is 1. The molecular formula is C12H11N5S. The molecule has 2 heterocycles. The molecule has 0 spiro atoms. The molecule has 0 saturated heterocycles. The number of benzene rings is 1. The summed E-state index contributed by atoms with van der Waals surface area (Å²) in [7, 11) is 1.79. The highest BCUT2D eigenvalue weighted by Crippen LogP contribution is 2.23. The van der Waals surface area contributed by atoms with E-state index in [2.05, 4.69) is 31.7 Å². The van der Waals surface area contributed by atoms with Crippen molar-refractivity contribution in [1.29, 1.82) is 0 Å². The fraction of sp³-hybridized carbons (Fsp3) is 0.0833. The third-order valence-electron chi connectivity index (χ3n) is 2.48. The van der Waals surface area contributed by atoms with Crippen LogP contribution >= 0.6 is 11.3 Å².